The molecule has 7 nitrogen and oxygen atoms in total. The molecule has 0 radical (unpaired) electrons. The van der Waals surface area contributed by atoms with Crippen molar-refractivity contribution in [3.63, 3.8) is 0 Å². The molecule has 0 unspecified atom stereocenters. The van der Waals surface area contributed by atoms with Crippen molar-refractivity contribution in [2.45, 2.75) is 6.92 Å². The fraction of sp³-hybridized carbons (Fsp3) is 0.167. The van der Waals surface area contributed by atoms with E-state index in [0.29, 0.717) is 0 Å². The highest BCUT2D eigenvalue weighted by molar-refractivity contribution is 5.78. The van der Waals surface area contributed by atoms with Crippen LogP contribution in [0.4, 0.5) is 0 Å². The molecular formula is C18H18ClNO6. The highest BCUT2D eigenvalue weighted by Crippen LogP contribution is 2.20. The number of aromatic nitrogens is 1. The van der Waals surface area contributed by atoms with Crippen LogP contribution in [-0.4, -0.2) is 14.2 Å². The predicted molar refractivity (Wildman–Crippen MR) is 83.3 cm³/mol. The van der Waals surface area contributed by atoms with Gasteiger partial charge in [0.2, 0.25) is 11.2 Å². The van der Waals surface area contributed by atoms with Crippen molar-refractivity contribution in [3.8, 4) is 17.2 Å². The fourth-order valence-electron chi connectivity index (χ4n) is 2.55. The average molecular weight is 380 g/mol. The van der Waals surface area contributed by atoms with Gasteiger partial charge in [-0.3, -0.25) is 0 Å². The standard InChI is InChI=1S/C18H18NO2.ClHO4/c1-13-4-5-14-12-17(21-3)10-11-18(14)19(13)15-6-8-16(20-2)9-7-15;2-1(3,4)5/h4-12H,1-3H3;(H,2,3,4,5)/q+1;/p-1. The molecule has 0 fully saturated rings. The molecule has 0 spiro atoms. The van der Waals surface area contributed by atoms with Crippen LogP contribution < -0.4 is 32.7 Å². The number of fused-ring (bicyclic) bond motifs is 1. The Morgan fingerprint density at radius 3 is 1.85 bits per heavy atom. The van der Waals surface area contributed by atoms with Gasteiger partial charge in [-0.05, 0) is 30.3 Å². The van der Waals surface area contributed by atoms with Crippen molar-refractivity contribution in [3.05, 3.63) is 60.3 Å². The van der Waals surface area contributed by atoms with E-state index in [1.165, 1.54) is 5.69 Å². The zero-order valence-corrected chi connectivity index (χ0v) is 15.2. The molecule has 3 aromatic rings. The van der Waals surface area contributed by atoms with E-state index in [0.717, 1.165) is 28.1 Å². The molecular weight excluding hydrogens is 362 g/mol. The van der Waals surface area contributed by atoms with Crippen LogP contribution in [0.1, 0.15) is 5.69 Å². The van der Waals surface area contributed by atoms with Crippen molar-refractivity contribution in [2.24, 2.45) is 0 Å². The first-order valence-electron chi connectivity index (χ1n) is 7.48. The molecule has 0 N–H and O–H groups in total. The summed E-state index contributed by atoms with van der Waals surface area (Å²) in [6, 6.07) is 18.4. The summed E-state index contributed by atoms with van der Waals surface area (Å²) in [6.45, 7) is 2.11. The van der Waals surface area contributed by atoms with E-state index in [-0.39, 0.29) is 0 Å². The third-order valence-corrected chi connectivity index (χ3v) is 3.66. The fourth-order valence-corrected chi connectivity index (χ4v) is 2.55. The van der Waals surface area contributed by atoms with Gasteiger partial charge in [-0.1, -0.05) is 0 Å². The van der Waals surface area contributed by atoms with Crippen LogP contribution in [0.2, 0.25) is 0 Å². The highest BCUT2D eigenvalue weighted by atomic mass is 35.7. The van der Waals surface area contributed by atoms with Gasteiger partial charge in [-0.2, -0.15) is 4.57 Å². The second-order valence-corrected chi connectivity index (χ2v) is 6.07. The lowest BCUT2D eigenvalue weighted by atomic mass is 10.1. The van der Waals surface area contributed by atoms with Crippen molar-refractivity contribution in [2.75, 3.05) is 14.2 Å². The molecule has 3 rings (SSSR count). The van der Waals surface area contributed by atoms with Gasteiger partial charge in [0.1, 0.15) is 11.5 Å². The summed E-state index contributed by atoms with van der Waals surface area (Å²) in [7, 11) is -1.58. The van der Waals surface area contributed by atoms with E-state index in [1.54, 1.807) is 14.2 Å². The van der Waals surface area contributed by atoms with E-state index >= 15 is 0 Å². The number of ether oxygens (including phenoxy) is 2. The van der Waals surface area contributed by atoms with Crippen molar-refractivity contribution in [1.29, 1.82) is 0 Å². The monoisotopic (exact) mass is 379 g/mol. The van der Waals surface area contributed by atoms with Gasteiger partial charge in [0.25, 0.3) is 0 Å². The summed E-state index contributed by atoms with van der Waals surface area (Å²) in [5.41, 5.74) is 3.45. The van der Waals surface area contributed by atoms with E-state index in [2.05, 4.69) is 47.9 Å². The van der Waals surface area contributed by atoms with Crippen LogP contribution in [-0.2, 0) is 0 Å². The maximum absolute atomic E-state index is 8.49. The Balaban J connectivity index is 0.000000431. The largest absolute Gasteiger partial charge is 0.497 e. The number of hydrogen-bond acceptors (Lipinski definition) is 6. The summed E-state index contributed by atoms with van der Waals surface area (Å²) in [5.74, 6) is 1.73. The summed E-state index contributed by atoms with van der Waals surface area (Å²) in [4.78, 5) is 0. The molecule has 0 aliphatic heterocycles. The molecule has 0 saturated carbocycles. The number of aryl methyl sites for hydroxylation is 1. The topological polar surface area (TPSA) is 115 Å². The number of halogens is 1. The smallest absolute Gasteiger partial charge is 0.218 e. The first kappa shape index (κ1) is 19.9. The van der Waals surface area contributed by atoms with Crippen LogP contribution in [0, 0.1) is 17.2 Å². The summed E-state index contributed by atoms with van der Waals surface area (Å²) in [6.07, 6.45) is 0. The summed E-state index contributed by atoms with van der Waals surface area (Å²) < 4.78 is 46.7. The molecule has 0 amide bonds. The van der Waals surface area contributed by atoms with Gasteiger partial charge in [-0.25, -0.2) is 18.6 Å². The van der Waals surface area contributed by atoms with Crippen LogP contribution in [0.15, 0.2) is 54.6 Å². The lowest BCUT2D eigenvalue weighted by Crippen LogP contribution is -2.68. The minimum absolute atomic E-state index is 0.860. The van der Waals surface area contributed by atoms with Gasteiger partial charge >= 0.3 is 0 Å². The Bertz CT molecular complexity index is 871. The van der Waals surface area contributed by atoms with Crippen molar-refractivity contribution in [1.82, 2.24) is 0 Å². The third-order valence-electron chi connectivity index (χ3n) is 3.66. The van der Waals surface area contributed by atoms with Crippen LogP contribution in [0.5, 0.6) is 11.5 Å². The second kappa shape index (κ2) is 8.31. The van der Waals surface area contributed by atoms with Crippen LogP contribution >= 0.6 is 0 Å². The molecule has 0 saturated heterocycles. The first-order chi connectivity index (χ1) is 12.2. The molecule has 138 valence electrons. The average Bonchev–Trinajstić information content (AvgIpc) is 2.60. The number of hydrogen-bond donors (Lipinski definition) is 0. The van der Waals surface area contributed by atoms with Gasteiger partial charge in [0, 0.05) is 31.2 Å². The Labute approximate surface area is 153 Å². The SMILES string of the molecule is COc1ccc(-[n+]2c(C)ccc3cc(OC)ccc32)cc1.[O-][Cl+3]([O-])([O-])[O-]. The van der Waals surface area contributed by atoms with E-state index < -0.39 is 10.2 Å². The Kier molecular flexibility index (Phi) is 6.36. The lowest BCUT2D eigenvalue weighted by molar-refractivity contribution is -2.00. The molecule has 0 aliphatic carbocycles. The zero-order chi connectivity index (χ0) is 19.3. The number of nitrogens with zero attached hydrogens (tertiary/aromatic N) is 1. The second-order valence-electron chi connectivity index (χ2n) is 5.31. The maximum Gasteiger partial charge on any atom is 0.218 e. The Morgan fingerprint density at radius 1 is 0.769 bits per heavy atom. The Morgan fingerprint density at radius 2 is 1.31 bits per heavy atom. The highest BCUT2D eigenvalue weighted by Gasteiger charge is 2.16. The normalized spacial score (nSPS) is 10.9. The quantitative estimate of drug-likeness (QED) is 0.522. The lowest BCUT2D eigenvalue weighted by Gasteiger charge is -2.17. The molecule has 0 aliphatic rings. The zero-order valence-electron chi connectivity index (χ0n) is 14.5. The number of pyridine rings is 1. The Hall–Kier alpha value is -2.42. The molecule has 1 aromatic heterocycles. The molecule has 0 atom stereocenters. The van der Waals surface area contributed by atoms with Gasteiger partial charge in [-0.15, -0.1) is 10.2 Å². The number of methoxy groups -OCH3 is 2. The minimum atomic E-state index is -4.94. The molecule has 26 heavy (non-hydrogen) atoms. The molecule has 1 heterocycles. The van der Waals surface area contributed by atoms with Crippen LogP contribution in [0.25, 0.3) is 16.6 Å². The van der Waals surface area contributed by atoms with Gasteiger partial charge in [0.05, 0.1) is 19.6 Å². The third kappa shape index (κ3) is 5.29. The van der Waals surface area contributed by atoms with E-state index in [1.807, 2.05) is 18.2 Å². The van der Waals surface area contributed by atoms with Crippen LogP contribution in [0.3, 0.4) is 0 Å². The van der Waals surface area contributed by atoms with Gasteiger partial charge in [0.15, 0.2) is 5.69 Å². The van der Waals surface area contributed by atoms with Crippen molar-refractivity contribution >= 4 is 10.9 Å². The first-order valence-corrected chi connectivity index (χ1v) is 8.72. The van der Waals surface area contributed by atoms with E-state index in [4.69, 9.17) is 28.1 Å². The molecule has 2 aromatic carbocycles. The molecule has 8 heteroatoms. The summed E-state index contributed by atoms with van der Waals surface area (Å²) in [5, 5.41) is 1.15. The number of benzene rings is 2. The minimum Gasteiger partial charge on any atom is -0.497 e. The predicted octanol–water partition coefficient (Wildman–Crippen LogP) is -1.31. The van der Waals surface area contributed by atoms with Crippen molar-refractivity contribution < 1.29 is 42.9 Å². The maximum atomic E-state index is 8.49. The summed E-state index contributed by atoms with van der Waals surface area (Å²) >= 11 is 0. The number of rotatable bonds is 3. The van der Waals surface area contributed by atoms with Gasteiger partial charge < -0.3 is 9.47 Å². The van der Waals surface area contributed by atoms with E-state index in [9.17, 15) is 0 Å². The molecule has 0 bridgehead atoms.